The molecule has 0 spiro atoms. The van der Waals surface area contributed by atoms with Crippen LogP contribution in [0.25, 0.3) is 0 Å². The summed E-state index contributed by atoms with van der Waals surface area (Å²) in [5.74, 6) is 1.05. The van der Waals surface area contributed by atoms with Gasteiger partial charge in [0.2, 0.25) is 0 Å². The predicted octanol–water partition coefficient (Wildman–Crippen LogP) is 7.99. The molecule has 196 valence electrons. The van der Waals surface area contributed by atoms with Crippen LogP contribution in [0.15, 0.2) is 113 Å². The van der Waals surface area contributed by atoms with Gasteiger partial charge in [-0.05, 0) is 78.9 Å². The van der Waals surface area contributed by atoms with Crippen LogP contribution in [0.2, 0.25) is 5.02 Å². The Balaban J connectivity index is 1.23. The monoisotopic (exact) mass is 554 g/mol. The highest BCUT2D eigenvalue weighted by atomic mass is 35.5. The second-order valence-electron chi connectivity index (χ2n) is 9.95. The van der Waals surface area contributed by atoms with Crippen molar-refractivity contribution in [1.29, 1.82) is 0 Å². The van der Waals surface area contributed by atoms with E-state index < -0.39 is 10.1 Å². The lowest BCUT2D eigenvalue weighted by atomic mass is 9.77. The fourth-order valence-electron chi connectivity index (χ4n) is 5.35. The first-order valence-electron chi connectivity index (χ1n) is 12.8. The number of fused-ring (bicyclic) bond motifs is 3. The third kappa shape index (κ3) is 5.22. The Morgan fingerprint density at radius 2 is 1.74 bits per heavy atom. The third-order valence-corrected chi connectivity index (χ3v) is 8.84. The van der Waals surface area contributed by atoms with E-state index in [0.717, 1.165) is 17.7 Å². The molecule has 1 aliphatic carbocycles. The van der Waals surface area contributed by atoms with Crippen LogP contribution in [0, 0.1) is 12.8 Å². The van der Waals surface area contributed by atoms with Gasteiger partial charge in [0.25, 0.3) is 0 Å². The van der Waals surface area contributed by atoms with Gasteiger partial charge in [0.15, 0.2) is 5.75 Å². The van der Waals surface area contributed by atoms with Crippen molar-refractivity contribution in [2.45, 2.75) is 30.2 Å². The summed E-state index contributed by atoms with van der Waals surface area (Å²) in [7, 11) is -4.01. The van der Waals surface area contributed by atoms with Gasteiger partial charge in [0.05, 0.1) is 11.7 Å². The Labute approximate surface area is 234 Å². The molecule has 0 fully saturated rings. The van der Waals surface area contributed by atoms with Crippen molar-refractivity contribution in [2.75, 3.05) is 5.32 Å². The molecule has 1 N–H and O–H groups in total. The van der Waals surface area contributed by atoms with Crippen molar-refractivity contribution in [2.24, 2.45) is 10.9 Å². The molecule has 4 aromatic rings. The zero-order valence-corrected chi connectivity index (χ0v) is 22.9. The summed E-state index contributed by atoms with van der Waals surface area (Å²) < 4.78 is 31.2. The molecule has 0 bridgehead atoms. The number of benzene rings is 4. The first-order valence-corrected chi connectivity index (χ1v) is 14.6. The molecule has 7 heteroatoms. The van der Waals surface area contributed by atoms with Crippen LogP contribution >= 0.6 is 11.6 Å². The second kappa shape index (κ2) is 10.4. The van der Waals surface area contributed by atoms with Crippen LogP contribution in [0.3, 0.4) is 0 Å². The van der Waals surface area contributed by atoms with E-state index in [-0.39, 0.29) is 16.7 Å². The summed E-state index contributed by atoms with van der Waals surface area (Å²) in [6.45, 7) is 1.89. The van der Waals surface area contributed by atoms with Gasteiger partial charge < -0.3 is 9.50 Å². The number of nitrogens with zero attached hydrogens (tertiary/aromatic N) is 1. The van der Waals surface area contributed by atoms with Crippen LogP contribution in [0.5, 0.6) is 5.75 Å². The van der Waals surface area contributed by atoms with Crippen LogP contribution in [0.4, 0.5) is 11.4 Å². The molecule has 0 radical (unpaired) electrons. The number of rotatable bonds is 6. The molecule has 3 atom stereocenters. The molecule has 2 aliphatic rings. The van der Waals surface area contributed by atoms with Gasteiger partial charge in [-0.25, -0.2) is 0 Å². The number of para-hydroxylation sites is 1. The number of nitrogens with one attached hydrogen (secondary N) is 1. The Morgan fingerprint density at radius 1 is 0.974 bits per heavy atom. The van der Waals surface area contributed by atoms with E-state index in [1.165, 1.54) is 35.0 Å². The number of hydrogen-bond donors (Lipinski definition) is 1. The molecule has 0 aromatic heterocycles. The van der Waals surface area contributed by atoms with Crippen molar-refractivity contribution < 1.29 is 12.6 Å². The second-order valence-corrected chi connectivity index (χ2v) is 11.9. The normalized spacial score (nSPS) is 19.9. The van der Waals surface area contributed by atoms with Crippen molar-refractivity contribution in [3.05, 3.63) is 130 Å². The molecule has 1 heterocycles. The Kier molecular flexibility index (Phi) is 6.75. The summed E-state index contributed by atoms with van der Waals surface area (Å²) in [5.41, 5.74) is 5.92. The Morgan fingerprint density at radius 3 is 2.54 bits per heavy atom. The van der Waals surface area contributed by atoms with Crippen LogP contribution in [-0.2, 0) is 10.1 Å². The SMILES string of the molecule is Cc1ccc(S(=O)(=O)Oc2ccc(Cl)cc2C=Nc2ccc([C@@H]3Nc4ccccc4[C@@H]4C=CC[C@@H]43)cc2)cc1. The first kappa shape index (κ1) is 25.4. The molecule has 0 unspecified atom stereocenters. The van der Waals surface area contributed by atoms with E-state index in [4.69, 9.17) is 15.8 Å². The summed E-state index contributed by atoms with van der Waals surface area (Å²) in [4.78, 5) is 4.67. The molecule has 0 saturated heterocycles. The smallest absolute Gasteiger partial charge is 0.339 e. The highest BCUT2D eigenvalue weighted by molar-refractivity contribution is 7.87. The van der Waals surface area contributed by atoms with Crippen LogP contribution in [-0.4, -0.2) is 14.6 Å². The molecule has 0 amide bonds. The lowest BCUT2D eigenvalue weighted by molar-refractivity contribution is 0.425. The largest absolute Gasteiger partial charge is 0.378 e. The Hall–Kier alpha value is -3.87. The maximum absolute atomic E-state index is 12.9. The summed E-state index contributed by atoms with van der Waals surface area (Å²) in [6, 6.07) is 28.2. The summed E-state index contributed by atoms with van der Waals surface area (Å²) in [5, 5.41) is 4.20. The maximum atomic E-state index is 12.9. The minimum atomic E-state index is -4.01. The zero-order valence-electron chi connectivity index (χ0n) is 21.3. The quantitative estimate of drug-likeness (QED) is 0.149. The van der Waals surface area contributed by atoms with Crippen molar-refractivity contribution in [3.63, 3.8) is 0 Å². The van der Waals surface area contributed by atoms with E-state index in [2.05, 4.69) is 58.9 Å². The van der Waals surface area contributed by atoms with Gasteiger partial charge in [-0.2, -0.15) is 8.42 Å². The van der Waals surface area contributed by atoms with Crippen molar-refractivity contribution >= 4 is 39.3 Å². The minimum Gasteiger partial charge on any atom is -0.378 e. The number of aliphatic imine (C=N–C) groups is 1. The van der Waals surface area contributed by atoms with Gasteiger partial charge in [-0.1, -0.05) is 71.8 Å². The predicted molar refractivity (Wildman–Crippen MR) is 157 cm³/mol. The number of aryl methyl sites for hydroxylation is 1. The summed E-state index contributed by atoms with van der Waals surface area (Å²) >= 11 is 6.21. The molecule has 5 nitrogen and oxygen atoms in total. The van der Waals surface area contributed by atoms with Crippen LogP contribution < -0.4 is 9.50 Å². The lowest BCUT2D eigenvalue weighted by Gasteiger charge is -2.37. The van der Waals surface area contributed by atoms with Crippen LogP contribution in [0.1, 0.15) is 40.6 Å². The third-order valence-electron chi connectivity index (χ3n) is 7.36. The number of allylic oxidation sites excluding steroid dienone is 2. The van der Waals surface area contributed by atoms with Gasteiger partial charge in [-0.15, -0.1) is 0 Å². The van der Waals surface area contributed by atoms with E-state index >= 15 is 0 Å². The first-order chi connectivity index (χ1) is 18.9. The van der Waals surface area contributed by atoms with E-state index in [1.807, 2.05) is 19.1 Å². The average Bonchev–Trinajstić information content (AvgIpc) is 3.44. The zero-order chi connectivity index (χ0) is 27.0. The van der Waals surface area contributed by atoms with Crippen molar-refractivity contribution in [1.82, 2.24) is 0 Å². The van der Waals surface area contributed by atoms with Crippen molar-refractivity contribution in [3.8, 4) is 5.75 Å². The number of hydrogen-bond acceptors (Lipinski definition) is 5. The van der Waals surface area contributed by atoms with Gasteiger partial charge >= 0.3 is 10.1 Å². The number of halogens is 1. The minimum absolute atomic E-state index is 0.0835. The molecular weight excluding hydrogens is 528 g/mol. The van der Waals surface area contributed by atoms with Gasteiger partial charge in [0.1, 0.15) is 4.90 Å². The fraction of sp³-hybridized carbons (Fsp3) is 0.156. The van der Waals surface area contributed by atoms with E-state index in [1.54, 1.807) is 30.5 Å². The molecule has 1 aliphatic heterocycles. The highest BCUT2D eigenvalue weighted by Gasteiger charge is 2.37. The molecular formula is C32H27ClN2O3S. The standard InChI is InChI=1S/C32H27ClN2O3S/c1-21-9-16-26(17-10-21)39(36,37)38-31-18-13-24(33)19-23(31)20-34-25-14-11-22(12-15-25)32-29-7-4-6-27(29)28-5-2-3-8-30(28)35-32/h2-6,8-20,27,29,32,35H,7H2,1H3/t27-,29-,32-/m0/s1. The van der Waals surface area contributed by atoms with E-state index in [0.29, 0.717) is 22.4 Å². The van der Waals surface area contributed by atoms with Gasteiger partial charge in [0, 0.05) is 28.4 Å². The number of anilines is 1. The summed E-state index contributed by atoms with van der Waals surface area (Å²) in [6.07, 6.45) is 7.24. The highest BCUT2D eigenvalue weighted by Crippen LogP contribution is 2.49. The average molecular weight is 555 g/mol. The molecule has 0 saturated carbocycles. The topological polar surface area (TPSA) is 67.8 Å². The molecule has 4 aromatic carbocycles. The Bertz CT molecular complexity index is 1680. The molecule has 6 rings (SSSR count). The lowest BCUT2D eigenvalue weighted by Crippen LogP contribution is -2.28. The molecule has 39 heavy (non-hydrogen) atoms. The van der Waals surface area contributed by atoms with E-state index in [9.17, 15) is 8.42 Å². The maximum Gasteiger partial charge on any atom is 0.339 e. The fourth-order valence-corrected chi connectivity index (χ4v) is 6.49. The van der Waals surface area contributed by atoms with Gasteiger partial charge in [-0.3, -0.25) is 4.99 Å².